The van der Waals surface area contributed by atoms with Gasteiger partial charge in [-0.25, -0.2) is 4.79 Å². The molecule has 0 aromatic rings. The van der Waals surface area contributed by atoms with Crippen LogP contribution in [0.4, 0.5) is 4.79 Å². The molecule has 5 nitrogen and oxygen atoms in total. The summed E-state index contributed by atoms with van der Waals surface area (Å²) in [5.74, 6) is -0.146. The van der Waals surface area contributed by atoms with E-state index in [4.69, 9.17) is 4.74 Å². The lowest BCUT2D eigenvalue weighted by molar-refractivity contribution is -0.136. The standard InChI is InChI=1S/C13H22N2O3/c1-13(2,3)6-9-7-14-12(17)15(11(9)16)10-4-5-18-8-10/h9-10H,4-8H2,1-3H3,(H,14,17). The van der Waals surface area contributed by atoms with Gasteiger partial charge >= 0.3 is 6.03 Å². The number of carbonyl (C=O) groups is 2. The normalized spacial score (nSPS) is 29.6. The number of imide groups is 1. The minimum atomic E-state index is -0.263. The Kier molecular flexibility index (Phi) is 3.61. The third kappa shape index (κ3) is 2.83. The number of hydrogen-bond acceptors (Lipinski definition) is 3. The van der Waals surface area contributed by atoms with Crippen molar-refractivity contribution in [3.05, 3.63) is 0 Å². The summed E-state index contributed by atoms with van der Waals surface area (Å²) in [4.78, 5) is 25.6. The molecule has 0 aliphatic carbocycles. The fourth-order valence-corrected chi connectivity index (χ4v) is 2.65. The first kappa shape index (κ1) is 13.3. The highest BCUT2D eigenvalue weighted by molar-refractivity contribution is 5.98. The Labute approximate surface area is 108 Å². The molecule has 5 heteroatoms. The van der Waals surface area contributed by atoms with Gasteiger partial charge in [0.2, 0.25) is 5.91 Å². The van der Waals surface area contributed by atoms with Crippen molar-refractivity contribution >= 4 is 11.9 Å². The first-order valence-electron chi connectivity index (χ1n) is 6.57. The average Bonchev–Trinajstić information content (AvgIpc) is 2.74. The smallest absolute Gasteiger partial charge is 0.324 e. The van der Waals surface area contributed by atoms with Gasteiger partial charge in [0.05, 0.1) is 18.6 Å². The van der Waals surface area contributed by atoms with Crippen LogP contribution in [0.3, 0.4) is 0 Å². The molecule has 2 aliphatic rings. The Morgan fingerprint density at radius 3 is 2.67 bits per heavy atom. The van der Waals surface area contributed by atoms with E-state index < -0.39 is 0 Å². The first-order valence-corrected chi connectivity index (χ1v) is 6.57. The Morgan fingerprint density at radius 2 is 2.11 bits per heavy atom. The average molecular weight is 254 g/mol. The molecule has 18 heavy (non-hydrogen) atoms. The van der Waals surface area contributed by atoms with E-state index in [-0.39, 0.29) is 29.3 Å². The van der Waals surface area contributed by atoms with Gasteiger partial charge in [-0.05, 0) is 18.3 Å². The molecule has 2 rings (SSSR count). The number of urea groups is 1. The largest absolute Gasteiger partial charge is 0.379 e. The molecule has 2 fully saturated rings. The predicted octanol–water partition coefficient (Wildman–Crippen LogP) is 1.38. The third-order valence-electron chi connectivity index (χ3n) is 3.43. The quantitative estimate of drug-likeness (QED) is 0.810. The van der Waals surface area contributed by atoms with Gasteiger partial charge in [-0.2, -0.15) is 0 Å². The Morgan fingerprint density at radius 1 is 1.39 bits per heavy atom. The lowest BCUT2D eigenvalue weighted by Crippen LogP contribution is -2.59. The number of amides is 3. The van der Waals surface area contributed by atoms with Gasteiger partial charge < -0.3 is 10.1 Å². The number of nitrogens with zero attached hydrogens (tertiary/aromatic N) is 1. The topological polar surface area (TPSA) is 58.6 Å². The molecule has 0 spiro atoms. The third-order valence-corrected chi connectivity index (χ3v) is 3.43. The summed E-state index contributed by atoms with van der Waals surface area (Å²) in [6, 6.07) is -0.346. The van der Waals surface area contributed by atoms with Gasteiger partial charge in [0.1, 0.15) is 0 Å². The number of nitrogens with one attached hydrogen (secondary N) is 1. The highest BCUT2D eigenvalue weighted by atomic mass is 16.5. The van der Waals surface area contributed by atoms with Gasteiger partial charge in [0.25, 0.3) is 0 Å². The minimum Gasteiger partial charge on any atom is -0.379 e. The van der Waals surface area contributed by atoms with Crippen molar-refractivity contribution < 1.29 is 14.3 Å². The van der Waals surface area contributed by atoms with E-state index in [0.29, 0.717) is 19.8 Å². The van der Waals surface area contributed by atoms with Crippen molar-refractivity contribution in [2.45, 2.75) is 39.7 Å². The summed E-state index contributed by atoms with van der Waals surface area (Å²) in [6.45, 7) is 7.89. The van der Waals surface area contributed by atoms with Gasteiger partial charge in [0.15, 0.2) is 0 Å². The molecule has 0 radical (unpaired) electrons. The second-order valence-electron chi connectivity index (χ2n) is 6.37. The SMILES string of the molecule is CC(C)(C)CC1CNC(=O)N(C2CCOC2)C1=O. The van der Waals surface area contributed by atoms with Gasteiger partial charge in [-0.15, -0.1) is 0 Å². The van der Waals surface area contributed by atoms with Crippen molar-refractivity contribution in [1.82, 2.24) is 10.2 Å². The summed E-state index contributed by atoms with van der Waals surface area (Å²) < 4.78 is 5.27. The van der Waals surface area contributed by atoms with Crippen LogP contribution in [0.5, 0.6) is 0 Å². The van der Waals surface area contributed by atoms with Crippen LogP contribution in [0.1, 0.15) is 33.6 Å². The van der Waals surface area contributed by atoms with Crippen LogP contribution in [0.15, 0.2) is 0 Å². The van der Waals surface area contributed by atoms with E-state index in [0.717, 1.165) is 12.8 Å². The molecule has 2 heterocycles. The Balaban J connectivity index is 2.08. The Bertz CT molecular complexity index is 343. The number of carbonyl (C=O) groups excluding carboxylic acids is 2. The van der Waals surface area contributed by atoms with E-state index >= 15 is 0 Å². The zero-order chi connectivity index (χ0) is 13.3. The summed E-state index contributed by atoms with van der Waals surface area (Å²) in [6.07, 6.45) is 1.54. The van der Waals surface area contributed by atoms with Crippen molar-refractivity contribution in [3.63, 3.8) is 0 Å². The fraction of sp³-hybridized carbons (Fsp3) is 0.846. The van der Waals surface area contributed by atoms with Crippen LogP contribution in [0.25, 0.3) is 0 Å². The maximum Gasteiger partial charge on any atom is 0.324 e. The van der Waals surface area contributed by atoms with E-state index in [1.54, 1.807) is 0 Å². The molecule has 0 saturated carbocycles. The van der Waals surface area contributed by atoms with E-state index in [9.17, 15) is 9.59 Å². The first-order chi connectivity index (χ1) is 8.38. The number of ether oxygens (including phenoxy) is 1. The monoisotopic (exact) mass is 254 g/mol. The molecule has 2 atom stereocenters. The zero-order valence-corrected chi connectivity index (χ0v) is 11.4. The molecule has 1 N–H and O–H groups in total. The molecule has 0 bridgehead atoms. The van der Waals surface area contributed by atoms with E-state index in [2.05, 4.69) is 26.1 Å². The van der Waals surface area contributed by atoms with Gasteiger partial charge in [-0.3, -0.25) is 9.69 Å². The Hall–Kier alpha value is -1.10. The molecule has 2 saturated heterocycles. The van der Waals surface area contributed by atoms with E-state index in [1.807, 2.05) is 0 Å². The summed E-state index contributed by atoms with van der Waals surface area (Å²) in [5, 5.41) is 2.82. The van der Waals surface area contributed by atoms with Crippen LogP contribution in [0, 0.1) is 11.3 Å². The van der Waals surface area contributed by atoms with Crippen LogP contribution < -0.4 is 5.32 Å². The summed E-state index contributed by atoms with van der Waals surface area (Å²) in [7, 11) is 0. The highest BCUT2D eigenvalue weighted by Crippen LogP contribution is 2.28. The maximum atomic E-state index is 12.4. The van der Waals surface area contributed by atoms with Crippen LogP contribution >= 0.6 is 0 Å². The lowest BCUT2D eigenvalue weighted by Gasteiger charge is -2.36. The molecule has 2 aliphatic heterocycles. The molecule has 2 unspecified atom stereocenters. The highest BCUT2D eigenvalue weighted by Gasteiger charge is 2.40. The number of hydrogen-bond donors (Lipinski definition) is 1. The zero-order valence-electron chi connectivity index (χ0n) is 11.4. The lowest BCUT2D eigenvalue weighted by atomic mass is 9.83. The number of rotatable bonds is 2. The fourth-order valence-electron chi connectivity index (χ4n) is 2.65. The summed E-state index contributed by atoms with van der Waals surface area (Å²) >= 11 is 0. The van der Waals surface area contributed by atoms with Crippen molar-refractivity contribution in [3.8, 4) is 0 Å². The van der Waals surface area contributed by atoms with Gasteiger partial charge in [-0.1, -0.05) is 20.8 Å². The molecule has 102 valence electrons. The molecule has 0 aromatic heterocycles. The second-order valence-corrected chi connectivity index (χ2v) is 6.37. The van der Waals surface area contributed by atoms with Crippen LogP contribution in [-0.4, -0.2) is 42.6 Å². The maximum absolute atomic E-state index is 12.4. The van der Waals surface area contributed by atoms with Crippen molar-refractivity contribution in [2.75, 3.05) is 19.8 Å². The van der Waals surface area contributed by atoms with E-state index in [1.165, 1.54) is 4.90 Å². The molecule has 0 aromatic carbocycles. The van der Waals surface area contributed by atoms with Gasteiger partial charge in [0, 0.05) is 13.2 Å². The van der Waals surface area contributed by atoms with Crippen molar-refractivity contribution in [1.29, 1.82) is 0 Å². The molecule has 3 amide bonds. The van der Waals surface area contributed by atoms with Crippen LogP contribution in [0.2, 0.25) is 0 Å². The molecular weight excluding hydrogens is 232 g/mol. The summed E-state index contributed by atoms with van der Waals surface area (Å²) in [5.41, 5.74) is 0.0836. The van der Waals surface area contributed by atoms with Crippen LogP contribution in [-0.2, 0) is 9.53 Å². The molecular formula is C13H22N2O3. The minimum absolute atomic E-state index is 0.0378. The second kappa shape index (κ2) is 4.88. The van der Waals surface area contributed by atoms with Crippen molar-refractivity contribution in [2.24, 2.45) is 11.3 Å². The predicted molar refractivity (Wildman–Crippen MR) is 67.0 cm³/mol.